The van der Waals surface area contributed by atoms with Gasteiger partial charge in [-0.05, 0) is 67.5 Å². The number of carbonyl (C=O) groups is 3. The van der Waals surface area contributed by atoms with Crippen LogP contribution in [0.1, 0.15) is 54.9 Å². The number of benzene rings is 2. The third-order valence-electron chi connectivity index (χ3n) is 8.10. The normalized spacial score (nSPS) is 18.2. The summed E-state index contributed by atoms with van der Waals surface area (Å²) in [5.74, 6) is 2.00. The van der Waals surface area contributed by atoms with Gasteiger partial charge in [-0.3, -0.25) is 9.59 Å². The van der Waals surface area contributed by atoms with E-state index in [9.17, 15) is 14.4 Å². The number of nitrogens with zero attached hydrogens (tertiary/aromatic N) is 2. The molecule has 1 aliphatic carbocycles. The van der Waals surface area contributed by atoms with E-state index in [4.69, 9.17) is 18.9 Å². The molecule has 9 heteroatoms. The van der Waals surface area contributed by atoms with E-state index in [-0.39, 0.29) is 31.4 Å². The highest BCUT2D eigenvalue weighted by Gasteiger charge is 2.36. The van der Waals surface area contributed by atoms with E-state index in [1.165, 1.54) is 39.9 Å². The molecule has 1 saturated heterocycles. The Morgan fingerprint density at radius 1 is 0.976 bits per heavy atom. The molecular formula is C33H42N2O7. The Morgan fingerprint density at radius 2 is 1.67 bits per heavy atom. The van der Waals surface area contributed by atoms with Crippen molar-refractivity contribution in [2.75, 3.05) is 54.1 Å². The number of likely N-dealkylation sites (tertiary alicyclic amines) is 1. The molecule has 2 aliphatic rings. The summed E-state index contributed by atoms with van der Waals surface area (Å²) in [5, 5.41) is 0. The Hall–Kier alpha value is -4.01. The predicted molar refractivity (Wildman–Crippen MR) is 160 cm³/mol. The average Bonchev–Trinajstić information content (AvgIpc) is 3.45. The Morgan fingerprint density at radius 3 is 2.29 bits per heavy atom. The van der Waals surface area contributed by atoms with Crippen LogP contribution in [0.5, 0.6) is 17.2 Å². The first-order valence-corrected chi connectivity index (χ1v) is 14.7. The molecule has 0 aromatic heterocycles. The molecule has 1 aliphatic heterocycles. The number of hydrogen-bond acceptors (Lipinski definition) is 7. The maximum Gasteiger partial charge on any atom is 0.334 e. The molecule has 2 fully saturated rings. The van der Waals surface area contributed by atoms with Gasteiger partial charge in [0.15, 0.2) is 11.5 Å². The Bertz CT molecular complexity index is 1260. The molecule has 0 radical (unpaired) electrons. The van der Waals surface area contributed by atoms with Gasteiger partial charge in [-0.2, -0.15) is 0 Å². The van der Waals surface area contributed by atoms with Crippen molar-refractivity contribution in [1.82, 2.24) is 9.80 Å². The maximum atomic E-state index is 13.1. The number of para-hydroxylation sites is 1. The van der Waals surface area contributed by atoms with Gasteiger partial charge in [0.05, 0.1) is 39.4 Å². The first-order chi connectivity index (χ1) is 20.3. The van der Waals surface area contributed by atoms with Gasteiger partial charge in [0, 0.05) is 25.7 Å². The summed E-state index contributed by atoms with van der Waals surface area (Å²) in [4.78, 5) is 42.3. The number of likely N-dealkylation sites (N-methyl/N-ethyl adjacent to an activating group) is 1. The fourth-order valence-corrected chi connectivity index (χ4v) is 5.81. The van der Waals surface area contributed by atoms with E-state index < -0.39 is 5.97 Å². The number of rotatable bonds is 12. The molecule has 4 rings (SSSR count). The van der Waals surface area contributed by atoms with Crippen LogP contribution in [0, 0.1) is 11.8 Å². The largest absolute Gasteiger partial charge is 0.493 e. The molecule has 2 aromatic carbocycles. The summed E-state index contributed by atoms with van der Waals surface area (Å²) in [7, 11) is 4.73. The Balaban J connectivity index is 1.34. The van der Waals surface area contributed by atoms with Gasteiger partial charge in [0.1, 0.15) is 12.4 Å². The third-order valence-corrected chi connectivity index (χ3v) is 8.10. The number of methoxy groups -OCH3 is 2. The van der Waals surface area contributed by atoms with Crippen LogP contribution in [0.3, 0.4) is 0 Å². The van der Waals surface area contributed by atoms with E-state index in [1.54, 1.807) is 55.3 Å². The zero-order chi connectivity index (χ0) is 30.1. The molecule has 0 N–H and O–H groups in total. The Kier molecular flexibility index (Phi) is 10.9. The molecule has 226 valence electrons. The van der Waals surface area contributed by atoms with Crippen LogP contribution in [-0.4, -0.2) is 81.7 Å². The van der Waals surface area contributed by atoms with Crippen molar-refractivity contribution in [1.29, 1.82) is 0 Å². The van der Waals surface area contributed by atoms with Crippen LogP contribution in [0.15, 0.2) is 48.0 Å². The van der Waals surface area contributed by atoms with Crippen molar-refractivity contribution < 1.29 is 33.3 Å². The minimum absolute atomic E-state index is 0.0195. The summed E-state index contributed by atoms with van der Waals surface area (Å²) in [6.07, 6.45) is 6.60. The van der Waals surface area contributed by atoms with Crippen molar-refractivity contribution in [3.63, 3.8) is 0 Å². The second kappa shape index (κ2) is 14.8. The zero-order valence-electron chi connectivity index (χ0n) is 25.1. The van der Waals surface area contributed by atoms with Gasteiger partial charge < -0.3 is 28.7 Å². The molecule has 2 aromatic rings. The molecule has 1 heterocycles. The lowest BCUT2D eigenvalue weighted by Crippen LogP contribution is -2.31. The van der Waals surface area contributed by atoms with E-state index in [2.05, 4.69) is 0 Å². The lowest BCUT2D eigenvalue weighted by atomic mass is 9.82. The molecule has 2 amide bonds. The first kappa shape index (κ1) is 30.9. The standard InChI is InChI=1S/C33H42N2O7/c1-5-41-33(38)26(20-30(36)35-21-24-9-6-7-10-25(24)22-35)19-23-13-15-27(16-14-23)42-18-17-34(2)32(37)28-11-8-12-29(39-3)31(28)40-4/h8,11-16,19,24-25H,5-7,9-10,17-18,20-22H2,1-4H3/b26-19+/t24-,25+. The fourth-order valence-electron chi connectivity index (χ4n) is 5.81. The minimum Gasteiger partial charge on any atom is -0.493 e. The molecule has 0 unspecified atom stereocenters. The minimum atomic E-state index is -0.469. The van der Waals surface area contributed by atoms with Gasteiger partial charge in [-0.1, -0.05) is 31.0 Å². The predicted octanol–water partition coefficient (Wildman–Crippen LogP) is 4.84. The lowest BCUT2D eigenvalue weighted by molar-refractivity contribution is -0.140. The van der Waals surface area contributed by atoms with Crippen LogP contribution >= 0.6 is 0 Å². The van der Waals surface area contributed by atoms with Crippen LogP contribution in [0.2, 0.25) is 0 Å². The SMILES string of the molecule is CCOC(=O)/C(=C/c1ccc(OCCN(C)C(=O)c2cccc(OC)c2OC)cc1)CC(=O)N1C[C@H]2CCCC[C@H]2C1. The maximum absolute atomic E-state index is 13.1. The van der Waals surface area contributed by atoms with E-state index in [1.807, 2.05) is 17.0 Å². The summed E-state index contributed by atoms with van der Waals surface area (Å²) in [5.41, 5.74) is 1.53. The van der Waals surface area contributed by atoms with Gasteiger partial charge in [-0.25, -0.2) is 4.79 Å². The van der Waals surface area contributed by atoms with Crippen LogP contribution in [0.25, 0.3) is 6.08 Å². The van der Waals surface area contributed by atoms with Crippen molar-refractivity contribution in [3.8, 4) is 17.2 Å². The second-order valence-corrected chi connectivity index (χ2v) is 10.9. The number of hydrogen-bond donors (Lipinski definition) is 0. The van der Waals surface area contributed by atoms with Gasteiger partial charge in [0.2, 0.25) is 5.91 Å². The summed E-state index contributed by atoms with van der Waals surface area (Å²) < 4.78 is 21.8. The summed E-state index contributed by atoms with van der Waals surface area (Å²) in [6.45, 7) is 4.22. The average molecular weight is 579 g/mol. The van der Waals surface area contributed by atoms with Gasteiger partial charge >= 0.3 is 5.97 Å². The van der Waals surface area contributed by atoms with Crippen molar-refractivity contribution >= 4 is 23.9 Å². The van der Waals surface area contributed by atoms with Crippen LogP contribution in [0.4, 0.5) is 0 Å². The molecular weight excluding hydrogens is 536 g/mol. The monoisotopic (exact) mass is 578 g/mol. The number of fused-ring (bicyclic) bond motifs is 1. The number of carbonyl (C=O) groups excluding carboxylic acids is 3. The number of amides is 2. The lowest BCUT2D eigenvalue weighted by Gasteiger charge is -2.22. The number of esters is 1. The van der Waals surface area contributed by atoms with Crippen LogP contribution < -0.4 is 14.2 Å². The molecule has 2 atom stereocenters. The van der Waals surface area contributed by atoms with Gasteiger partial charge in [-0.15, -0.1) is 0 Å². The van der Waals surface area contributed by atoms with E-state index in [0.717, 1.165) is 18.7 Å². The van der Waals surface area contributed by atoms with E-state index in [0.29, 0.717) is 46.8 Å². The van der Waals surface area contributed by atoms with Gasteiger partial charge in [0.25, 0.3) is 5.91 Å². The Labute approximate surface area is 248 Å². The number of ether oxygens (including phenoxy) is 4. The third kappa shape index (κ3) is 7.63. The molecule has 9 nitrogen and oxygen atoms in total. The highest BCUT2D eigenvalue weighted by molar-refractivity contribution is 5.99. The topological polar surface area (TPSA) is 94.6 Å². The van der Waals surface area contributed by atoms with E-state index >= 15 is 0 Å². The molecule has 1 saturated carbocycles. The van der Waals surface area contributed by atoms with Crippen molar-refractivity contribution in [2.45, 2.75) is 39.0 Å². The second-order valence-electron chi connectivity index (χ2n) is 10.9. The molecule has 42 heavy (non-hydrogen) atoms. The quantitative estimate of drug-likeness (QED) is 0.263. The fraction of sp³-hybridized carbons (Fsp3) is 0.485. The van der Waals surface area contributed by atoms with Crippen LogP contribution in [-0.2, 0) is 14.3 Å². The zero-order valence-corrected chi connectivity index (χ0v) is 25.1. The highest BCUT2D eigenvalue weighted by Crippen LogP contribution is 2.36. The van der Waals surface area contributed by atoms with Crippen molar-refractivity contribution in [3.05, 3.63) is 59.2 Å². The smallest absolute Gasteiger partial charge is 0.334 e. The van der Waals surface area contributed by atoms with Crippen molar-refractivity contribution in [2.24, 2.45) is 11.8 Å². The summed E-state index contributed by atoms with van der Waals surface area (Å²) in [6, 6.07) is 12.4. The highest BCUT2D eigenvalue weighted by atomic mass is 16.5. The summed E-state index contributed by atoms with van der Waals surface area (Å²) >= 11 is 0. The first-order valence-electron chi connectivity index (χ1n) is 14.7. The molecule has 0 spiro atoms. The molecule has 0 bridgehead atoms.